The van der Waals surface area contributed by atoms with Gasteiger partial charge in [0.25, 0.3) is 27.8 Å². The van der Waals surface area contributed by atoms with Crippen LogP contribution in [0.15, 0.2) is 141 Å². The summed E-state index contributed by atoms with van der Waals surface area (Å²) in [7, 11) is 0. The highest BCUT2D eigenvalue weighted by Crippen LogP contribution is 2.39. The van der Waals surface area contributed by atoms with Crippen molar-refractivity contribution in [2.45, 2.75) is 151 Å². The number of aryl methyl sites for hydroxylation is 1. The summed E-state index contributed by atoms with van der Waals surface area (Å²) in [5.74, 6) is 8.21. The Hall–Kier alpha value is -11.6. The minimum atomic E-state index is -1.17. The van der Waals surface area contributed by atoms with E-state index in [1.165, 1.54) is 23.5 Å². The topological polar surface area (TPSA) is 371 Å². The van der Waals surface area contributed by atoms with Crippen molar-refractivity contribution in [3.8, 4) is 86.6 Å². The minimum Gasteiger partial charge on any atom is -0.355 e. The van der Waals surface area contributed by atoms with Gasteiger partial charge in [-0.2, -0.15) is 26.3 Å². The average molecular weight is 1720 g/mol. The molecule has 0 spiro atoms. The maximum Gasteiger partial charge on any atom is 0.272 e. The summed E-state index contributed by atoms with van der Waals surface area (Å²) in [4.78, 5) is 116. The number of aromatic nitrogens is 15. The smallest absolute Gasteiger partial charge is 0.272 e. The Morgan fingerprint density at radius 2 is 0.603 bits per heavy atom. The van der Waals surface area contributed by atoms with Gasteiger partial charge in [0.1, 0.15) is 92.8 Å². The molecule has 0 aromatic carbocycles. The summed E-state index contributed by atoms with van der Waals surface area (Å²) in [5.41, 5.74) is 3.69. The van der Waals surface area contributed by atoms with Crippen molar-refractivity contribution in [3.05, 3.63) is 177 Å². The quantitative estimate of drug-likeness (QED) is 0.121. The second-order valence-corrected chi connectivity index (χ2v) is 38.2. The molecule has 0 N–H and O–H groups in total. The first-order chi connectivity index (χ1) is 58.0. The number of rotatable bonds is 9. The number of fused-ring (bicyclic) bond motifs is 5. The molecule has 4 fully saturated rings. The predicted octanol–water partition coefficient (Wildman–Crippen LogP) is 11.7. The van der Waals surface area contributed by atoms with Gasteiger partial charge in [0, 0.05) is 152 Å². The lowest BCUT2D eigenvalue weighted by Crippen LogP contribution is -2.57. The zero-order valence-electron chi connectivity index (χ0n) is 67.9. The molecule has 0 bridgehead atoms. The normalized spacial score (nSPS) is 18.0. The number of thioether (sulfide) groups is 5. The molecule has 618 valence electrons. The Kier molecular flexibility index (Phi) is 24.3. The van der Waals surface area contributed by atoms with E-state index < -0.39 is 11.3 Å². The lowest BCUT2D eigenvalue weighted by Gasteiger charge is -2.46. The maximum absolute atomic E-state index is 13.7. The Balaban J connectivity index is 0.000000118. The lowest BCUT2D eigenvalue weighted by molar-refractivity contribution is 0.143. The van der Waals surface area contributed by atoms with Crippen molar-refractivity contribution >= 4 is 82.1 Å². The van der Waals surface area contributed by atoms with E-state index in [1.807, 2.05) is 83.5 Å². The van der Waals surface area contributed by atoms with Gasteiger partial charge in [-0.1, -0.05) is 93.4 Å². The molecule has 1 atom stereocenters. The van der Waals surface area contributed by atoms with Crippen LogP contribution in [0.5, 0.6) is 0 Å². The standard InChI is InChI=1S/C18H18FN5OS.2C18H19N5OS.C17H16FN5OS.C14H12N4OS/c1-11-7-24-16(25)13(5-20)15(22-17(24)26-8-11)12-3-4-14(21-6-12)23-9-18(2,19)10-23;2*1-18(2)10-22(11-18)14-5-4-12(9-20-14)15-13(8-19)16(24)23-6-3-7-25-17(23)21-15;1-17(18)9-22(10-17)13-4-3-11(8-20-13)14-12(7-19)15(24)23-5-2-6-25-16(23)21-14;1-9-3-4-10(8-16-9)12-11(7-15)13(19)18-5-2-6-20-14(18)17-12/h3-4,6,11H,7-10H2,1-2H3;2*4-5,9H,3,6-7,10-11H2,1-2H3;3-4,8H,2,5-6,9-10H2,1H3;3-4,8H,2,5-6H2,1H3. The van der Waals surface area contributed by atoms with Crippen LogP contribution in [0.3, 0.4) is 0 Å². The highest BCUT2D eigenvalue weighted by atomic mass is 32.2. The van der Waals surface area contributed by atoms with E-state index in [0.29, 0.717) is 169 Å². The lowest BCUT2D eigenvalue weighted by atomic mass is 9.84. The van der Waals surface area contributed by atoms with Gasteiger partial charge in [-0.05, 0) is 124 Å². The third-order valence-corrected chi connectivity index (χ3v) is 26.9. The molecule has 10 aromatic rings. The zero-order valence-corrected chi connectivity index (χ0v) is 71.9. The van der Waals surface area contributed by atoms with E-state index in [2.05, 4.69) is 94.3 Å². The molecule has 29 nitrogen and oxygen atoms in total. The number of halogens is 2. The summed E-state index contributed by atoms with van der Waals surface area (Å²) < 4.78 is 35.3. The van der Waals surface area contributed by atoms with Crippen LogP contribution in [0.25, 0.3) is 56.3 Å². The van der Waals surface area contributed by atoms with Gasteiger partial charge in [-0.3, -0.25) is 51.8 Å². The molecular formula is C85H84F2N24O5S5. The van der Waals surface area contributed by atoms with Crippen molar-refractivity contribution in [2.75, 3.05) is 101 Å². The molecule has 1 unspecified atom stereocenters. The first-order valence-electron chi connectivity index (χ1n) is 39.6. The van der Waals surface area contributed by atoms with E-state index in [0.717, 1.165) is 98.0 Å². The summed E-state index contributed by atoms with van der Waals surface area (Å²) in [6.45, 7) is 24.3. The van der Waals surface area contributed by atoms with Gasteiger partial charge in [0.2, 0.25) is 0 Å². The fraction of sp³-hybridized carbons (Fsp3) is 0.412. The zero-order chi connectivity index (χ0) is 85.4. The third kappa shape index (κ3) is 18.0. The second-order valence-electron chi connectivity index (χ2n) is 33.0. The summed E-state index contributed by atoms with van der Waals surface area (Å²) in [5, 5.41) is 50.5. The number of hydrogen-bond acceptors (Lipinski definition) is 29. The Morgan fingerprint density at radius 3 is 0.835 bits per heavy atom. The van der Waals surface area contributed by atoms with Gasteiger partial charge in [-0.15, -0.1) is 0 Å². The Bertz CT molecular complexity index is 5860. The maximum atomic E-state index is 13.7. The summed E-state index contributed by atoms with van der Waals surface area (Å²) >= 11 is 7.74. The first kappa shape index (κ1) is 84.4. The van der Waals surface area contributed by atoms with Crippen LogP contribution in [0, 0.1) is 80.3 Å². The molecule has 0 amide bonds. The number of nitrogens with zero attached hydrogens (tertiary/aromatic N) is 24. The van der Waals surface area contributed by atoms with Crippen LogP contribution in [0.2, 0.25) is 0 Å². The van der Waals surface area contributed by atoms with Gasteiger partial charge < -0.3 is 19.6 Å². The van der Waals surface area contributed by atoms with Crippen LogP contribution in [-0.4, -0.2) is 165 Å². The summed E-state index contributed by atoms with van der Waals surface area (Å²) in [6, 6.07) is 28.6. The Labute approximate surface area is 717 Å². The SMILES string of the molecule is CC1(C)CN(c2ccc(-c3nc4n(c(=O)c3C#N)CCCS4)cn2)C1.CC1(C)CN(c2ccc(-c3nc4n(c(=O)c3C#N)CCCS4)cn2)C1.CC1(F)CN(c2ccc(-c3nc4n(c(=O)c3C#N)CCCS4)cn2)C1.CC1CSc2nc(-c3ccc(N4CC(C)(F)C4)nc3)c(C#N)c(=O)n2C1.Cc1ccc(-c2nc3n(c(=O)c2C#N)CCCS3)cn1. The molecule has 4 saturated heterocycles. The molecule has 121 heavy (non-hydrogen) atoms. The number of alkyl halides is 2. The fourth-order valence-corrected chi connectivity index (χ4v) is 20.2. The van der Waals surface area contributed by atoms with Gasteiger partial charge in [0.05, 0.1) is 54.6 Å². The van der Waals surface area contributed by atoms with E-state index >= 15 is 0 Å². The molecule has 19 heterocycles. The number of hydrogen-bond donors (Lipinski definition) is 0. The molecule has 0 saturated carbocycles. The van der Waals surface area contributed by atoms with Crippen molar-refractivity contribution in [3.63, 3.8) is 0 Å². The van der Waals surface area contributed by atoms with Crippen molar-refractivity contribution < 1.29 is 8.78 Å². The number of pyridine rings is 5. The number of anilines is 4. The molecule has 19 rings (SSSR count). The monoisotopic (exact) mass is 1720 g/mol. The molecule has 9 aliphatic rings. The second kappa shape index (κ2) is 34.9. The van der Waals surface area contributed by atoms with Crippen LogP contribution < -0.4 is 47.4 Å². The highest BCUT2D eigenvalue weighted by Gasteiger charge is 2.42. The van der Waals surface area contributed by atoms with Crippen LogP contribution in [-0.2, 0) is 32.7 Å². The van der Waals surface area contributed by atoms with Crippen LogP contribution >= 0.6 is 58.8 Å². The molecule has 0 aliphatic carbocycles. The van der Waals surface area contributed by atoms with E-state index in [9.17, 15) is 59.1 Å². The van der Waals surface area contributed by atoms with E-state index in [4.69, 9.17) is 0 Å². The molecule has 9 aliphatic heterocycles. The first-order valence-corrected chi connectivity index (χ1v) is 44.5. The van der Waals surface area contributed by atoms with Crippen LogP contribution in [0.1, 0.15) is 108 Å². The summed E-state index contributed by atoms with van der Waals surface area (Å²) in [6.07, 6.45) is 11.9. The largest absolute Gasteiger partial charge is 0.355 e. The van der Waals surface area contributed by atoms with Crippen molar-refractivity contribution in [1.29, 1.82) is 26.3 Å². The van der Waals surface area contributed by atoms with E-state index in [-0.39, 0.29) is 55.6 Å². The molecule has 0 radical (unpaired) electrons. The van der Waals surface area contributed by atoms with Crippen molar-refractivity contribution in [1.82, 2.24) is 72.7 Å². The Morgan fingerprint density at radius 1 is 0.355 bits per heavy atom. The average Bonchev–Trinajstić information content (AvgIpc) is 0.778. The highest BCUT2D eigenvalue weighted by molar-refractivity contribution is 8.00. The van der Waals surface area contributed by atoms with E-state index in [1.54, 1.807) is 127 Å². The van der Waals surface area contributed by atoms with Gasteiger partial charge >= 0.3 is 0 Å². The van der Waals surface area contributed by atoms with Gasteiger partial charge in [-0.25, -0.2) is 53.6 Å². The minimum absolute atomic E-state index is 0.0401. The number of nitriles is 5. The van der Waals surface area contributed by atoms with Crippen LogP contribution in [0.4, 0.5) is 32.1 Å². The molecule has 36 heteroatoms. The predicted molar refractivity (Wildman–Crippen MR) is 464 cm³/mol. The van der Waals surface area contributed by atoms with Gasteiger partial charge in [0.15, 0.2) is 25.8 Å². The third-order valence-electron chi connectivity index (χ3n) is 21.4. The van der Waals surface area contributed by atoms with Crippen molar-refractivity contribution in [2.24, 2.45) is 16.7 Å². The molecular weight excluding hydrogens is 1640 g/mol. The fourth-order valence-electron chi connectivity index (χ4n) is 15.4. The molecule has 10 aromatic heterocycles.